The molecule has 0 saturated carbocycles. The van der Waals surface area contributed by atoms with E-state index in [1.54, 1.807) is 36.4 Å². The van der Waals surface area contributed by atoms with E-state index in [1.165, 1.54) is 30.3 Å². The van der Waals surface area contributed by atoms with Gasteiger partial charge >= 0.3 is 0 Å². The summed E-state index contributed by atoms with van der Waals surface area (Å²) >= 11 is 11.9. The maximum Gasteiger partial charge on any atom is 0.263 e. The van der Waals surface area contributed by atoms with Gasteiger partial charge in [-0.2, -0.15) is 0 Å². The fourth-order valence-electron chi connectivity index (χ4n) is 2.66. The van der Waals surface area contributed by atoms with Crippen LogP contribution in [0.2, 0.25) is 10.0 Å². The Balaban J connectivity index is 1.75. The average molecular weight is 465 g/mol. The van der Waals surface area contributed by atoms with Crippen molar-refractivity contribution in [3.05, 3.63) is 94.0 Å². The van der Waals surface area contributed by atoms with Crippen molar-refractivity contribution in [2.75, 3.05) is 11.3 Å². The minimum Gasteiger partial charge on any atom is -0.387 e. The summed E-state index contributed by atoms with van der Waals surface area (Å²) in [6.07, 6.45) is -0.891. The number of sulfonamides is 1. The number of carbonyl (C=O) groups is 1. The molecule has 0 aliphatic heterocycles. The normalized spacial score (nSPS) is 12.2. The number of aliphatic hydroxyl groups excluding tert-OH is 1. The van der Waals surface area contributed by atoms with E-state index in [9.17, 15) is 18.3 Å². The van der Waals surface area contributed by atoms with Crippen molar-refractivity contribution in [2.45, 2.75) is 11.0 Å². The Morgan fingerprint density at radius 3 is 2.30 bits per heavy atom. The van der Waals surface area contributed by atoms with Crippen LogP contribution in [-0.4, -0.2) is 26.0 Å². The van der Waals surface area contributed by atoms with Crippen molar-refractivity contribution in [3.63, 3.8) is 0 Å². The number of rotatable bonds is 7. The molecule has 0 radical (unpaired) electrons. The molecular formula is C21H18Cl2N2O4S. The molecule has 1 unspecified atom stereocenters. The molecule has 0 aromatic heterocycles. The average Bonchev–Trinajstić information content (AvgIpc) is 2.74. The highest BCUT2D eigenvalue weighted by Crippen LogP contribution is 2.26. The second-order valence-corrected chi connectivity index (χ2v) is 8.89. The van der Waals surface area contributed by atoms with Crippen LogP contribution in [0.25, 0.3) is 0 Å². The van der Waals surface area contributed by atoms with Crippen LogP contribution < -0.4 is 10.0 Å². The van der Waals surface area contributed by atoms with Gasteiger partial charge in [-0.1, -0.05) is 53.5 Å². The molecule has 0 spiro atoms. The Bertz CT molecular complexity index is 1140. The number of carbonyl (C=O) groups excluding carboxylic acids is 1. The lowest BCUT2D eigenvalue weighted by Crippen LogP contribution is -2.28. The van der Waals surface area contributed by atoms with Gasteiger partial charge in [0.25, 0.3) is 15.9 Å². The van der Waals surface area contributed by atoms with E-state index < -0.39 is 22.0 Å². The third kappa shape index (κ3) is 5.52. The van der Waals surface area contributed by atoms with E-state index in [-0.39, 0.29) is 22.0 Å². The molecule has 6 nitrogen and oxygen atoms in total. The van der Waals surface area contributed by atoms with Crippen molar-refractivity contribution >= 4 is 44.8 Å². The first-order valence-electron chi connectivity index (χ1n) is 8.85. The second-order valence-electron chi connectivity index (χ2n) is 6.39. The summed E-state index contributed by atoms with van der Waals surface area (Å²) < 4.78 is 27.9. The molecule has 0 aliphatic carbocycles. The summed E-state index contributed by atoms with van der Waals surface area (Å²) in [6, 6.07) is 18.9. The molecule has 0 aliphatic rings. The summed E-state index contributed by atoms with van der Waals surface area (Å²) in [6.45, 7) is -0.0312. The topological polar surface area (TPSA) is 95.5 Å². The first kappa shape index (κ1) is 22.1. The van der Waals surface area contributed by atoms with E-state index in [0.29, 0.717) is 16.3 Å². The van der Waals surface area contributed by atoms with Gasteiger partial charge in [0.1, 0.15) is 4.90 Å². The molecule has 0 heterocycles. The van der Waals surface area contributed by atoms with Crippen molar-refractivity contribution in [1.29, 1.82) is 0 Å². The van der Waals surface area contributed by atoms with Crippen LogP contribution in [0.1, 0.15) is 22.0 Å². The lowest BCUT2D eigenvalue weighted by molar-refractivity contribution is 0.0916. The molecule has 3 aromatic rings. The fraction of sp³-hybridized carbons (Fsp3) is 0.0952. The van der Waals surface area contributed by atoms with Gasteiger partial charge < -0.3 is 10.4 Å². The lowest BCUT2D eigenvalue weighted by atomic mass is 10.1. The Morgan fingerprint density at radius 2 is 1.63 bits per heavy atom. The van der Waals surface area contributed by atoms with E-state index >= 15 is 0 Å². The van der Waals surface area contributed by atoms with Crippen LogP contribution in [0.3, 0.4) is 0 Å². The van der Waals surface area contributed by atoms with Gasteiger partial charge in [0.2, 0.25) is 0 Å². The fourth-order valence-corrected chi connectivity index (χ4v) is 4.37. The van der Waals surface area contributed by atoms with Gasteiger partial charge in [-0.15, -0.1) is 0 Å². The number of hydrogen-bond donors (Lipinski definition) is 3. The van der Waals surface area contributed by atoms with Crippen molar-refractivity contribution in [1.82, 2.24) is 5.32 Å². The molecule has 156 valence electrons. The minimum atomic E-state index is -4.04. The molecule has 1 amide bonds. The van der Waals surface area contributed by atoms with Gasteiger partial charge in [-0.25, -0.2) is 8.42 Å². The number of anilines is 1. The highest BCUT2D eigenvalue weighted by Gasteiger charge is 2.21. The maximum atomic E-state index is 12.7. The number of halogens is 2. The number of aliphatic hydroxyl groups is 1. The van der Waals surface area contributed by atoms with E-state index in [4.69, 9.17) is 23.2 Å². The number of nitrogens with one attached hydrogen (secondary N) is 2. The van der Waals surface area contributed by atoms with Gasteiger partial charge in [-0.3, -0.25) is 9.52 Å². The Labute approximate surface area is 184 Å². The summed E-state index contributed by atoms with van der Waals surface area (Å²) in [5.74, 6) is -0.537. The number of hydrogen-bond acceptors (Lipinski definition) is 4. The van der Waals surface area contributed by atoms with Crippen molar-refractivity contribution in [3.8, 4) is 0 Å². The van der Waals surface area contributed by atoms with E-state index in [2.05, 4.69) is 10.0 Å². The Hall–Kier alpha value is -2.58. The molecule has 0 fully saturated rings. The maximum absolute atomic E-state index is 12.7. The first-order valence-corrected chi connectivity index (χ1v) is 11.1. The summed E-state index contributed by atoms with van der Waals surface area (Å²) in [5, 5.41) is 13.2. The van der Waals surface area contributed by atoms with E-state index in [0.717, 1.165) is 0 Å². The van der Waals surface area contributed by atoms with Crippen molar-refractivity contribution in [2.24, 2.45) is 0 Å². The van der Waals surface area contributed by atoms with Gasteiger partial charge in [0.05, 0.1) is 11.1 Å². The molecule has 3 aromatic carbocycles. The van der Waals surface area contributed by atoms with Crippen LogP contribution in [0.4, 0.5) is 5.69 Å². The second kappa shape index (κ2) is 9.49. The highest BCUT2D eigenvalue weighted by molar-refractivity contribution is 7.92. The standard InChI is InChI=1S/C21H18Cl2N2O4S/c22-16-7-9-17(10-8-16)25-30(28,29)20-12-15(6-11-18(20)23)21(27)24-13-19(26)14-4-2-1-3-5-14/h1-12,19,25-26H,13H2,(H,24,27). The number of benzene rings is 3. The summed E-state index contributed by atoms with van der Waals surface area (Å²) in [5.41, 5.74) is 1.05. The SMILES string of the molecule is O=C(NCC(O)c1ccccc1)c1ccc(Cl)c(S(=O)(=O)Nc2ccc(Cl)cc2)c1. The van der Waals surface area contributed by atoms with Gasteiger partial charge in [0.15, 0.2) is 0 Å². The summed E-state index contributed by atoms with van der Waals surface area (Å²) in [4.78, 5) is 12.2. The Morgan fingerprint density at radius 1 is 0.967 bits per heavy atom. The monoisotopic (exact) mass is 464 g/mol. The van der Waals surface area contributed by atoms with Gasteiger partial charge in [-0.05, 0) is 48.0 Å². The highest BCUT2D eigenvalue weighted by atomic mass is 35.5. The molecule has 30 heavy (non-hydrogen) atoms. The van der Waals surface area contributed by atoms with Crippen LogP contribution in [0.15, 0.2) is 77.7 Å². The lowest BCUT2D eigenvalue weighted by Gasteiger charge is -2.14. The van der Waals surface area contributed by atoms with Crippen molar-refractivity contribution < 1.29 is 18.3 Å². The third-order valence-electron chi connectivity index (χ3n) is 4.22. The largest absolute Gasteiger partial charge is 0.387 e. The predicted molar refractivity (Wildman–Crippen MR) is 117 cm³/mol. The molecule has 3 N–H and O–H groups in total. The molecular weight excluding hydrogens is 447 g/mol. The van der Waals surface area contributed by atoms with Crippen LogP contribution in [-0.2, 0) is 10.0 Å². The van der Waals surface area contributed by atoms with Crippen LogP contribution in [0, 0.1) is 0 Å². The predicted octanol–water partition coefficient (Wildman–Crippen LogP) is 4.26. The molecule has 0 bridgehead atoms. The quantitative estimate of drug-likeness (QED) is 0.486. The molecule has 3 rings (SSSR count). The van der Waals surface area contributed by atoms with Crippen LogP contribution in [0.5, 0.6) is 0 Å². The Kier molecular flexibility index (Phi) is 6.99. The smallest absolute Gasteiger partial charge is 0.263 e. The van der Waals surface area contributed by atoms with E-state index in [1.807, 2.05) is 6.07 Å². The number of amides is 1. The first-order chi connectivity index (χ1) is 14.3. The minimum absolute atomic E-state index is 0.0302. The molecule has 1 atom stereocenters. The zero-order valence-electron chi connectivity index (χ0n) is 15.5. The van der Waals surface area contributed by atoms with Gasteiger partial charge in [0, 0.05) is 22.8 Å². The summed E-state index contributed by atoms with van der Waals surface area (Å²) in [7, 11) is -4.04. The van der Waals surface area contributed by atoms with Crippen LogP contribution >= 0.6 is 23.2 Å². The zero-order valence-corrected chi connectivity index (χ0v) is 17.9. The molecule has 0 saturated heterocycles. The third-order valence-corrected chi connectivity index (χ3v) is 6.33. The zero-order chi connectivity index (χ0) is 21.7. The molecule has 9 heteroatoms.